The fourth-order valence-corrected chi connectivity index (χ4v) is 6.54. The Morgan fingerprint density at radius 3 is 2.38 bits per heavy atom. The van der Waals surface area contributed by atoms with Gasteiger partial charge >= 0.3 is 6.03 Å². The number of hydrogen-bond acceptors (Lipinski definition) is 5. The second-order valence-corrected chi connectivity index (χ2v) is 12.0. The Morgan fingerprint density at radius 1 is 1.13 bits per heavy atom. The molecule has 1 atom stereocenters. The Morgan fingerprint density at radius 2 is 1.82 bits per heavy atom. The van der Waals surface area contributed by atoms with Crippen molar-refractivity contribution in [1.82, 2.24) is 24.5 Å². The lowest BCUT2D eigenvalue weighted by Crippen LogP contribution is -2.54. The molecule has 0 bridgehead atoms. The first-order chi connectivity index (χ1) is 18.4. The molecule has 3 amide bonds. The van der Waals surface area contributed by atoms with Crippen LogP contribution in [0.2, 0.25) is 0 Å². The highest BCUT2D eigenvalue weighted by atomic mass is 16.5. The molecule has 9 nitrogen and oxygen atoms in total. The predicted molar refractivity (Wildman–Crippen MR) is 149 cm³/mol. The summed E-state index contributed by atoms with van der Waals surface area (Å²) in [5, 5.41) is 4.60. The Hall–Kier alpha value is -3.49. The second kappa shape index (κ2) is 9.61. The van der Waals surface area contributed by atoms with Crippen LogP contribution in [-0.4, -0.2) is 75.8 Å². The van der Waals surface area contributed by atoms with E-state index in [2.05, 4.69) is 38.9 Å². The van der Waals surface area contributed by atoms with Gasteiger partial charge in [-0.3, -0.25) is 14.4 Å². The Balaban J connectivity index is 1.46. The highest BCUT2D eigenvalue weighted by molar-refractivity contribution is 5.93. The van der Waals surface area contributed by atoms with E-state index in [1.807, 2.05) is 46.9 Å². The van der Waals surface area contributed by atoms with Gasteiger partial charge in [-0.05, 0) is 37.5 Å². The van der Waals surface area contributed by atoms with Gasteiger partial charge in [0.25, 0.3) is 5.91 Å². The lowest BCUT2D eigenvalue weighted by Gasteiger charge is -2.44. The third kappa shape index (κ3) is 4.26. The number of urea groups is 1. The van der Waals surface area contributed by atoms with Gasteiger partial charge in [0.1, 0.15) is 17.2 Å². The number of rotatable bonds is 4. The SMILES string of the molecule is CCN1C(=O)N2Cc3cc(OC)cc(OC)c3[C@@H](C)C=C2C12CCN(C(=O)c1cc(C(C)(C)C)nn1C)CC2. The van der Waals surface area contributed by atoms with Crippen molar-refractivity contribution in [2.75, 3.05) is 33.9 Å². The number of hydrogen-bond donors (Lipinski definition) is 0. The number of aryl methyl sites for hydroxylation is 1. The molecule has 3 aliphatic heterocycles. The zero-order chi connectivity index (χ0) is 28.3. The van der Waals surface area contributed by atoms with Gasteiger partial charge in [-0.15, -0.1) is 0 Å². The van der Waals surface area contributed by atoms with E-state index < -0.39 is 5.54 Å². The highest BCUT2D eigenvalue weighted by Gasteiger charge is 2.55. The summed E-state index contributed by atoms with van der Waals surface area (Å²) in [6.07, 6.45) is 3.62. The molecule has 39 heavy (non-hydrogen) atoms. The van der Waals surface area contributed by atoms with E-state index in [9.17, 15) is 9.59 Å². The van der Waals surface area contributed by atoms with Crippen molar-refractivity contribution in [3.63, 3.8) is 0 Å². The van der Waals surface area contributed by atoms with E-state index in [-0.39, 0.29) is 23.3 Å². The van der Waals surface area contributed by atoms with Gasteiger partial charge in [0.2, 0.25) is 0 Å². The normalized spacial score (nSPS) is 20.5. The van der Waals surface area contributed by atoms with Gasteiger partial charge < -0.3 is 19.3 Å². The summed E-state index contributed by atoms with van der Waals surface area (Å²) in [7, 11) is 5.15. The summed E-state index contributed by atoms with van der Waals surface area (Å²) in [6.45, 7) is 12.7. The van der Waals surface area contributed by atoms with Gasteiger partial charge in [0.05, 0.1) is 32.0 Å². The number of carbonyl (C=O) groups excluding carboxylic acids is 2. The molecule has 0 N–H and O–H groups in total. The van der Waals surface area contributed by atoms with Crippen LogP contribution in [0.1, 0.15) is 80.7 Å². The lowest BCUT2D eigenvalue weighted by molar-refractivity contribution is 0.0566. The van der Waals surface area contributed by atoms with Crippen molar-refractivity contribution in [1.29, 1.82) is 0 Å². The summed E-state index contributed by atoms with van der Waals surface area (Å²) < 4.78 is 13.0. The number of likely N-dealkylation sites (tertiary alicyclic amines) is 1. The summed E-state index contributed by atoms with van der Waals surface area (Å²) in [5.41, 5.74) is 4.09. The summed E-state index contributed by atoms with van der Waals surface area (Å²) in [4.78, 5) is 33.3. The third-order valence-corrected chi connectivity index (χ3v) is 8.66. The first-order valence-electron chi connectivity index (χ1n) is 13.8. The van der Waals surface area contributed by atoms with Gasteiger partial charge in [0.15, 0.2) is 0 Å². The van der Waals surface area contributed by atoms with E-state index in [4.69, 9.17) is 9.47 Å². The maximum atomic E-state index is 13.9. The van der Waals surface area contributed by atoms with Gasteiger partial charge in [-0.25, -0.2) is 4.79 Å². The number of aromatic nitrogens is 2. The van der Waals surface area contributed by atoms with Crippen molar-refractivity contribution < 1.29 is 19.1 Å². The summed E-state index contributed by atoms with van der Waals surface area (Å²) >= 11 is 0. The van der Waals surface area contributed by atoms with E-state index >= 15 is 0 Å². The van der Waals surface area contributed by atoms with Crippen LogP contribution < -0.4 is 9.47 Å². The molecule has 9 heteroatoms. The molecule has 1 spiro atoms. The molecule has 1 aromatic heterocycles. The van der Waals surface area contributed by atoms with Crippen LogP contribution in [-0.2, 0) is 19.0 Å². The topological polar surface area (TPSA) is 80.1 Å². The van der Waals surface area contributed by atoms with Crippen LogP contribution in [0.5, 0.6) is 11.5 Å². The number of allylic oxidation sites excluding steroid dienone is 1. The second-order valence-electron chi connectivity index (χ2n) is 12.0. The summed E-state index contributed by atoms with van der Waals surface area (Å²) in [5.74, 6) is 1.53. The Bertz CT molecular complexity index is 1330. The molecule has 3 aliphatic rings. The summed E-state index contributed by atoms with van der Waals surface area (Å²) in [6, 6.07) is 5.86. The molecular weight excluding hydrogens is 494 g/mol. The monoisotopic (exact) mass is 535 g/mol. The minimum atomic E-state index is -0.445. The number of ether oxygens (including phenoxy) is 2. The van der Waals surface area contributed by atoms with Gasteiger partial charge in [-0.1, -0.05) is 33.8 Å². The first kappa shape index (κ1) is 27.1. The minimum absolute atomic E-state index is 0.00738. The standard InChI is InChI=1S/C30H41N5O4/c1-9-35-28(37)34-18-20-15-21(38-7)16-23(39-8)26(20)19(2)14-25(34)30(35)10-12-33(13-11-30)27(36)22-17-24(29(3,4)5)31-32(22)6/h14-17,19H,9-13,18H2,1-8H3/t19-/m0/s1. The maximum Gasteiger partial charge on any atom is 0.325 e. The molecule has 210 valence electrons. The highest BCUT2D eigenvalue weighted by Crippen LogP contribution is 2.49. The number of methoxy groups -OCH3 is 2. The molecule has 2 saturated heterocycles. The van der Waals surface area contributed by atoms with Crippen molar-refractivity contribution in [2.45, 2.75) is 70.9 Å². The fourth-order valence-electron chi connectivity index (χ4n) is 6.54. The third-order valence-electron chi connectivity index (χ3n) is 8.66. The van der Waals surface area contributed by atoms with Crippen LogP contribution in [0, 0.1) is 0 Å². The molecule has 0 radical (unpaired) electrons. The molecule has 4 heterocycles. The number of likely N-dealkylation sites (N-methyl/N-ethyl adjacent to an activating group) is 1. The lowest BCUT2D eigenvalue weighted by atomic mass is 9.82. The quantitative estimate of drug-likeness (QED) is 0.569. The average molecular weight is 536 g/mol. The predicted octanol–water partition coefficient (Wildman–Crippen LogP) is 4.67. The molecule has 0 saturated carbocycles. The molecule has 1 aromatic carbocycles. The van der Waals surface area contributed by atoms with E-state index in [1.165, 1.54) is 0 Å². The van der Waals surface area contributed by atoms with Crippen LogP contribution in [0.15, 0.2) is 30.0 Å². The number of benzene rings is 1. The average Bonchev–Trinajstić information content (AvgIpc) is 3.33. The maximum absolute atomic E-state index is 13.9. The van der Waals surface area contributed by atoms with Crippen molar-refractivity contribution in [2.24, 2.45) is 7.05 Å². The van der Waals surface area contributed by atoms with E-state index in [0.29, 0.717) is 50.5 Å². The van der Waals surface area contributed by atoms with Crippen LogP contribution in [0.4, 0.5) is 4.79 Å². The molecule has 2 aromatic rings. The van der Waals surface area contributed by atoms with Crippen molar-refractivity contribution >= 4 is 11.9 Å². The molecule has 0 unspecified atom stereocenters. The van der Waals surface area contributed by atoms with Crippen molar-refractivity contribution in [3.05, 3.63) is 52.5 Å². The fraction of sp³-hybridized carbons (Fsp3) is 0.567. The van der Waals surface area contributed by atoms with Gasteiger partial charge in [-0.2, -0.15) is 5.10 Å². The van der Waals surface area contributed by atoms with E-state index in [0.717, 1.165) is 28.3 Å². The van der Waals surface area contributed by atoms with Crippen LogP contribution in [0.25, 0.3) is 0 Å². The van der Waals surface area contributed by atoms with E-state index in [1.54, 1.807) is 18.9 Å². The number of carbonyl (C=O) groups is 2. The minimum Gasteiger partial charge on any atom is -0.497 e. The zero-order valence-corrected chi connectivity index (χ0v) is 24.5. The van der Waals surface area contributed by atoms with Gasteiger partial charge in [0, 0.05) is 55.3 Å². The molecule has 5 rings (SSSR count). The number of nitrogens with zero attached hydrogens (tertiary/aromatic N) is 5. The molecule has 0 aliphatic carbocycles. The Labute approximate surface area is 231 Å². The molecular formula is C30H41N5O4. The molecule has 2 fully saturated rings. The van der Waals surface area contributed by atoms with Crippen LogP contribution >= 0.6 is 0 Å². The largest absolute Gasteiger partial charge is 0.497 e. The zero-order valence-electron chi connectivity index (χ0n) is 24.5. The Kier molecular flexibility index (Phi) is 6.67. The number of piperidine rings is 1. The number of amides is 3. The van der Waals surface area contributed by atoms with Crippen LogP contribution in [0.3, 0.4) is 0 Å². The smallest absolute Gasteiger partial charge is 0.325 e. The number of fused-ring (bicyclic) bond motifs is 3. The van der Waals surface area contributed by atoms with Crippen molar-refractivity contribution in [3.8, 4) is 11.5 Å². The first-order valence-corrected chi connectivity index (χ1v) is 13.8.